The number of nitrogens with one attached hydrogen (secondary N) is 1. The van der Waals surface area contributed by atoms with E-state index in [2.05, 4.69) is 5.48 Å². The van der Waals surface area contributed by atoms with E-state index >= 15 is 0 Å². The summed E-state index contributed by atoms with van der Waals surface area (Å²) < 4.78 is 0. The summed E-state index contributed by atoms with van der Waals surface area (Å²) in [7, 11) is 0. The summed E-state index contributed by atoms with van der Waals surface area (Å²) in [6.07, 6.45) is 0.226. The topological polar surface area (TPSA) is 49.3 Å². The predicted octanol–water partition coefficient (Wildman–Crippen LogP) is 3.29. The van der Waals surface area contributed by atoms with Crippen molar-refractivity contribution in [3.8, 4) is 0 Å². The Kier molecular flexibility index (Phi) is 4.44. The molecule has 2 aromatic carbocycles. The van der Waals surface area contributed by atoms with E-state index in [9.17, 15) is 10.0 Å². The van der Waals surface area contributed by atoms with Crippen molar-refractivity contribution >= 4 is 5.78 Å². The normalized spacial score (nSPS) is 12.1. The molecule has 0 saturated carbocycles. The zero-order chi connectivity index (χ0) is 13.7. The molecule has 0 aliphatic heterocycles. The number of aryl methyl sites for hydroxylation is 1. The lowest BCUT2D eigenvalue weighted by Crippen LogP contribution is -2.20. The molecule has 0 saturated heterocycles. The van der Waals surface area contributed by atoms with Gasteiger partial charge in [0.25, 0.3) is 0 Å². The Morgan fingerprint density at radius 3 is 2.32 bits per heavy atom. The van der Waals surface area contributed by atoms with Gasteiger partial charge in [0.1, 0.15) is 0 Å². The van der Waals surface area contributed by atoms with Crippen LogP contribution in [0.2, 0.25) is 0 Å². The van der Waals surface area contributed by atoms with Crippen molar-refractivity contribution in [2.24, 2.45) is 0 Å². The fourth-order valence-corrected chi connectivity index (χ4v) is 1.96. The Bertz CT molecular complexity index is 534. The Morgan fingerprint density at radius 1 is 1.11 bits per heavy atom. The minimum Gasteiger partial charge on any atom is -0.316 e. The van der Waals surface area contributed by atoms with Crippen LogP contribution in [-0.2, 0) is 0 Å². The molecule has 0 radical (unpaired) electrons. The van der Waals surface area contributed by atoms with Gasteiger partial charge in [-0.05, 0) is 12.5 Å². The molecule has 2 aromatic rings. The van der Waals surface area contributed by atoms with Gasteiger partial charge in [-0.25, -0.2) is 0 Å². The van der Waals surface area contributed by atoms with Crippen LogP contribution in [0.3, 0.4) is 0 Å². The maximum Gasteiger partial charge on any atom is 0.164 e. The standard InChI is InChI=1S/C16H17NO2/c1-12-7-9-13(10-8-12)15(17-19)11-16(18)14-5-3-2-4-6-14/h2-10,15,17,19H,11H2,1H3. The third-order valence-electron chi connectivity index (χ3n) is 3.12. The van der Waals surface area contributed by atoms with Gasteiger partial charge in [-0.3, -0.25) is 4.79 Å². The Morgan fingerprint density at radius 2 is 1.74 bits per heavy atom. The smallest absolute Gasteiger partial charge is 0.164 e. The van der Waals surface area contributed by atoms with Gasteiger partial charge in [0, 0.05) is 12.0 Å². The van der Waals surface area contributed by atoms with E-state index in [1.54, 1.807) is 12.1 Å². The average molecular weight is 255 g/mol. The number of benzene rings is 2. The molecule has 3 nitrogen and oxygen atoms in total. The molecular weight excluding hydrogens is 238 g/mol. The van der Waals surface area contributed by atoms with Gasteiger partial charge in [0.15, 0.2) is 5.78 Å². The van der Waals surface area contributed by atoms with Crippen LogP contribution < -0.4 is 5.48 Å². The second-order valence-corrected chi connectivity index (χ2v) is 4.59. The number of carbonyl (C=O) groups is 1. The zero-order valence-electron chi connectivity index (χ0n) is 10.8. The first kappa shape index (κ1) is 13.5. The zero-order valence-corrected chi connectivity index (χ0v) is 10.8. The van der Waals surface area contributed by atoms with E-state index in [-0.39, 0.29) is 18.2 Å². The molecule has 0 bridgehead atoms. The molecule has 0 fully saturated rings. The molecule has 0 amide bonds. The monoisotopic (exact) mass is 255 g/mol. The van der Waals surface area contributed by atoms with Crippen molar-refractivity contribution in [1.82, 2.24) is 5.48 Å². The lowest BCUT2D eigenvalue weighted by atomic mass is 9.98. The summed E-state index contributed by atoms with van der Waals surface area (Å²) in [6, 6.07) is 16.5. The van der Waals surface area contributed by atoms with Crippen molar-refractivity contribution in [3.63, 3.8) is 0 Å². The predicted molar refractivity (Wildman–Crippen MR) is 74.2 cm³/mol. The first-order valence-electron chi connectivity index (χ1n) is 6.25. The maximum atomic E-state index is 12.1. The highest BCUT2D eigenvalue weighted by atomic mass is 16.5. The van der Waals surface area contributed by atoms with Crippen molar-refractivity contribution in [1.29, 1.82) is 0 Å². The molecule has 2 N–H and O–H groups in total. The van der Waals surface area contributed by atoms with Crippen LogP contribution in [0.25, 0.3) is 0 Å². The molecule has 1 atom stereocenters. The van der Waals surface area contributed by atoms with Crippen LogP contribution >= 0.6 is 0 Å². The van der Waals surface area contributed by atoms with Crippen LogP contribution in [-0.4, -0.2) is 11.0 Å². The van der Waals surface area contributed by atoms with Crippen LogP contribution in [0.5, 0.6) is 0 Å². The fraction of sp³-hybridized carbons (Fsp3) is 0.188. The van der Waals surface area contributed by atoms with Crippen LogP contribution in [0.1, 0.15) is 33.9 Å². The second kappa shape index (κ2) is 6.27. The molecule has 19 heavy (non-hydrogen) atoms. The second-order valence-electron chi connectivity index (χ2n) is 4.59. The quantitative estimate of drug-likeness (QED) is 0.636. The number of hydrogen-bond acceptors (Lipinski definition) is 3. The number of Topliss-reactive ketones (excluding diaryl/α,β-unsaturated/α-hetero) is 1. The van der Waals surface area contributed by atoms with Crippen LogP contribution in [0.4, 0.5) is 0 Å². The third-order valence-corrected chi connectivity index (χ3v) is 3.12. The molecule has 0 aliphatic carbocycles. The van der Waals surface area contributed by atoms with E-state index in [1.165, 1.54) is 0 Å². The molecule has 0 aliphatic rings. The molecule has 0 aromatic heterocycles. The number of carbonyl (C=O) groups excluding carboxylic acids is 1. The highest BCUT2D eigenvalue weighted by molar-refractivity contribution is 5.96. The molecule has 0 heterocycles. The number of hydrogen-bond donors (Lipinski definition) is 2. The Labute approximate surface area is 112 Å². The van der Waals surface area contributed by atoms with Gasteiger partial charge in [-0.1, -0.05) is 60.2 Å². The summed E-state index contributed by atoms with van der Waals surface area (Å²) in [5, 5.41) is 9.24. The number of rotatable bonds is 5. The lowest BCUT2D eigenvalue weighted by molar-refractivity contribution is 0.0869. The summed E-state index contributed by atoms with van der Waals surface area (Å²) in [5.74, 6) is 0.00715. The van der Waals surface area contributed by atoms with E-state index in [0.717, 1.165) is 11.1 Å². The van der Waals surface area contributed by atoms with Crippen molar-refractivity contribution in [2.75, 3.05) is 0 Å². The largest absolute Gasteiger partial charge is 0.316 e. The SMILES string of the molecule is Cc1ccc(C(CC(=O)c2ccccc2)NO)cc1. The van der Waals surface area contributed by atoms with E-state index in [0.29, 0.717) is 5.56 Å². The minimum atomic E-state index is -0.381. The van der Waals surface area contributed by atoms with Crippen molar-refractivity contribution in [3.05, 3.63) is 71.3 Å². The molecule has 2 rings (SSSR count). The number of hydroxylamine groups is 1. The average Bonchev–Trinajstić information content (AvgIpc) is 2.46. The van der Waals surface area contributed by atoms with Gasteiger partial charge in [0.2, 0.25) is 0 Å². The van der Waals surface area contributed by atoms with Gasteiger partial charge in [-0.15, -0.1) is 0 Å². The Balaban J connectivity index is 2.11. The van der Waals surface area contributed by atoms with Gasteiger partial charge in [-0.2, -0.15) is 5.48 Å². The van der Waals surface area contributed by atoms with Crippen LogP contribution in [0.15, 0.2) is 54.6 Å². The summed E-state index contributed by atoms with van der Waals surface area (Å²) in [6.45, 7) is 2.00. The highest BCUT2D eigenvalue weighted by Crippen LogP contribution is 2.19. The first-order valence-corrected chi connectivity index (χ1v) is 6.25. The van der Waals surface area contributed by atoms with Crippen molar-refractivity contribution < 1.29 is 10.0 Å². The molecular formula is C16H17NO2. The highest BCUT2D eigenvalue weighted by Gasteiger charge is 2.16. The van der Waals surface area contributed by atoms with Crippen LogP contribution in [0, 0.1) is 6.92 Å². The molecule has 3 heteroatoms. The van der Waals surface area contributed by atoms with E-state index in [1.807, 2.05) is 49.4 Å². The first-order chi connectivity index (χ1) is 9.20. The van der Waals surface area contributed by atoms with E-state index in [4.69, 9.17) is 0 Å². The summed E-state index contributed by atoms with van der Waals surface area (Å²) >= 11 is 0. The molecule has 0 spiro atoms. The number of ketones is 1. The summed E-state index contributed by atoms with van der Waals surface area (Å²) in [4.78, 5) is 12.1. The Hall–Kier alpha value is -1.97. The third kappa shape index (κ3) is 3.50. The van der Waals surface area contributed by atoms with Crippen molar-refractivity contribution in [2.45, 2.75) is 19.4 Å². The maximum absolute atomic E-state index is 12.1. The minimum absolute atomic E-state index is 0.00715. The lowest BCUT2D eigenvalue weighted by Gasteiger charge is -2.15. The molecule has 98 valence electrons. The van der Waals surface area contributed by atoms with E-state index < -0.39 is 0 Å². The molecule has 1 unspecified atom stereocenters. The fourth-order valence-electron chi connectivity index (χ4n) is 1.96. The van der Waals surface area contributed by atoms with Gasteiger partial charge >= 0.3 is 0 Å². The van der Waals surface area contributed by atoms with Gasteiger partial charge < -0.3 is 5.21 Å². The van der Waals surface area contributed by atoms with Gasteiger partial charge in [0.05, 0.1) is 6.04 Å². The summed E-state index contributed by atoms with van der Waals surface area (Å²) in [5.41, 5.74) is 4.93.